The van der Waals surface area contributed by atoms with Crippen LogP contribution in [-0.4, -0.2) is 20.2 Å². The van der Waals surface area contributed by atoms with Crippen LogP contribution in [0.15, 0.2) is 0 Å². The maximum atomic E-state index is 5.73. The zero-order chi connectivity index (χ0) is 10.6. The van der Waals surface area contributed by atoms with E-state index in [1.54, 1.807) is 4.68 Å². The Bertz CT molecular complexity index is 266. The van der Waals surface area contributed by atoms with Crippen molar-refractivity contribution in [3.05, 3.63) is 5.82 Å². The quantitative estimate of drug-likeness (QED) is 0.768. The number of tetrazole rings is 1. The molecule has 0 aromatic carbocycles. The first-order chi connectivity index (χ1) is 6.61. The first-order valence-corrected chi connectivity index (χ1v) is 5.13. The zero-order valence-electron chi connectivity index (χ0n) is 9.14. The van der Waals surface area contributed by atoms with Gasteiger partial charge in [0, 0.05) is 6.54 Å². The van der Waals surface area contributed by atoms with Gasteiger partial charge in [-0.3, -0.25) is 0 Å². The molecule has 1 unspecified atom stereocenters. The van der Waals surface area contributed by atoms with Crippen molar-refractivity contribution in [2.24, 2.45) is 11.7 Å². The fraction of sp³-hybridized carbons (Fsp3) is 0.889. The summed E-state index contributed by atoms with van der Waals surface area (Å²) in [4.78, 5) is 0. The van der Waals surface area contributed by atoms with Crippen LogP contribution in [0.1, 0.15) is 45.5 Å². The molecule has 0 saturated carbocycles. The highest BCUT2D eigenvalue weighted by Crippen LogP contribution is 2.08. The largest absolute Gasteiger partial charge is 0.322 e. The summed E-state index contributed by atoms with van der Waals surface area (Å²) in [7, 11) is 0. The summed E-state index contributed by atoms with van der Waals surface area (Å²) in [5.41, 5.74) is 5.73. The summed E-state index contributed by atoms with van der Waals surface area (Å²) >= 11 is 0. The smallest absolute Gasteiger partial charge is 0.167 e. The van der Waals surface area contributed by atoms with E-state index in [2.05, 4.69) is 29.4 Å². The second kappa shape index (κ2) is 5.05. The van der Waals surface area contributed by atoms with E-state index < -0.39 is 0 Å². The van der Waals surface area contributed by atoms with Crippen molar-refractivity contribution < 1.29 is 0 Å². The lowest BCUT2D eigenvalue weighted by Crippen LogP contribution is -2.14. The Balaban J connectivity index is 2.46. The Hall–Kier alpha value is -0.970. The minimum absolute atomic E-state index is 0.0935. The van der Waals surface area contributed by atoms with Gasteiger partial charge in [0.25, 0.3) is 0 Å². The zero-order valence-corrected chi connectivity index (χ0v) is 9.14. The second-order valence-electron chi connectivity index (χ2n) is 4.08. The molecule has 0 bridgehead atoms. The third-order valence-corrected chi connectivity index (χ3v) is 2.12. The van der Waals surface area contributed by atoms with Crippen LogP contribution in [-0.2, 0) is 6.54 Å². The fourth-order valence-electron chi connectivity index (χ4n) is 1.35. The van der Waals surface area contributed by atoms with Crippen molar-refractivity contribution in [2.75, 3.05) is 0 Å². The lowest BCUT2D eigenvalue weighted by molar-refractivity contribution is 0.465. The van der Waals surface area contributed by atoms with E-state index in [0.29, 0.717) is 0 Å². The monoisotopic (exact) mass is 197 g/mol. The van der Waals surface area contributed by atoms with Gasteiger partial charge in [0.2, 0.25) is 0 Å². The summed E-state index contributed by atoms with van der Waals surface area (Å²) in [5, 5.41) is 11.4. The number of hydrogen-bond donors (Lipinski definition) is 1. The van der Waals surface area contributed by atoms with E-state index in [1.165, 1.54) is 6.42 Å². The molecule has 0 spiro atoms. The average Bonchev–Trinajstić information content (AvgIpc) is 2.51. The third-order valence-electron chi connectivity index (χ3n) is 2.12. The molecule has 0 aliphatic carbocycles. The molecule has 1 heterocycles. The maximum Gasteiger partial charge on any atom is 0.167 e. The van der Waals surface area contributed by atoms with Crippen LogP contribution < -0.4 is 5.73 Å². The normalized spacial score (nSPS) is 13.5. The van der Waals surface area contributed by atoms with E-state index in [0.717, 1.165) is 24.7 Å². The molecule has 0 saturated heterocycles. The van der Waals surface area contributed by atoms with Crippen molar-refractivity contribution in [1.82, 2.24) is 20.2 Å². The van der Waals surface area contributed by atoms with Crippen molar-refractivity contribution in [2.45, 2.75) is 46.2 Å². The lowest BCUT2D eigenvalue weighted by Gasteiger charge is -2.07. The highest BCUT2D eigenvalue weighted by Gasteiger charge is 2.09. The standard InChI is InChI=1S/C9H19N5/c1-7(2)5-4-6-14-9(8(3)10)11-12-13-14/h7-8H,4-6,10H2,1-3H3. The first kappa shape index (κ1) is 11.1. The molecule has 1 aromatic heterocycles. The molecule has 80 valence electrons. The van der Waals surface area contributed by atoms with Gasteiger partial charge in [-0.15, -0.1) is 5.10 Å². The van der Waals surface area contributed by atoms with Gasteiger partial charge in [0.1, 0.15) is 0 Å². The fourth-order valence-corrected chi connectivity index (χ4v) is 1.35. The van der Waals surface area contributed by atoms with Gasteiger partial charge < -0.3 is 5.73 Å². The van der Waals surface area contributed by atoms with Gasteiger partial charge in [-0.05, 0) is 36.1 Å². The summed E-state index contributed by atoms with van der Waals surface area (Å²) in [6.45, 7) is 7.19. The number of nitrogens with two attached hydrogens (primary N) is 1. The molecule has 5 heteroatoms. The van der Waals surface area contributed by atoms with Crippen molar-refractivity contribution in [3.63, 3.8) is 0 Å². The van der Waals surface area contributed by atoms with Crippen LogP contribution in [0.3, 0.4) is 0 Å². The molecule has 0 aliphatic rings. The Labute approximate surface area is 84.7 Å². The highest BCUT2D eigenvalue weighted by molar-refractivity contribution is 4.87. The van der Waals surface area contributed by atoms with E-state index >= 15 is 0 Å². The summed E-state index contributed by atoms with van der Waals surface area (Å²) in [6.07, 6.45) is 2.29. The van der Waals surface area contributed by atoms with Gasteiger partial charge in [-0.25, -0.2) is 4.68 Å². The molecule has 1 rings (SSSR count). The van der Waals surface area contributed by atoms with Crippen molar-refractivity contribution >= 4 is 0 Å². The van der Waals surface area contributed by atoms with Crippen LogP contribution in [0.5, 0.6) is 0 Å². The maximum absolute atomic E-state index is 5.73. The van der Waals surface area contributed by atoms with Crippen LogP contribution in [0.2, 0.25) is 0 Å². The summed E-state index contributed by atoms with van der Waals surface area (Å²) < 4.78 is 1.80. The Morgan fingerprint density at radius 2 is 2.07 bits per heavy atom. The molecule has 0 amide bonds. The first-order valence-electron chi connectivity index (χ1n) is 5.13. The molecule has 1 atom stereocenters. The molecule has 1 aromatic rings. The second-order valence-corrected chi connectivity index (χ2v) is 4.08. The topological polar surface area (TPSA) is 69.6 Å². The lowest BCUT2D eigenvalue weighted by atomic mass is 10.1. The summed E-state index contributed by atoms with van der Waals surface area (Å²) in [6, 6.07) is -0.0935. The van der Waals surface area contributed by atoms with Crippen LogP contribution in [0.25, 0.3) is 0 Å². The molecule has 0 radical (unpaired) electrons. The number of aromatic nitrogens is 4. The molecule has 5 nitrogen and oxygen atoms in total. The van der Waals surface area contributed by atoms with Gasteiger partial charge >= 0.3 is 0 Å². The number of rotatable bonds is 5. The van der Waals surface area contributed by atoms with Gasteiger partial charge in [0.05, 0.1) is 6.04 Å². The highest BCUT2D eigenvalue weighted by atomic mass is 15.5. The SMILES string of the molecule is CC(C)CCCn1nnnc1C(C)N. The van der Waals surface area contributed by atoms with E-state index in [4.69, 9.17) is 5.73 Å². The molecule has 2 N–H and O–H groups in total. The van der Waals surface area contributed by atoms with Crippen LogP contribution in [0, 0.1) is 5.92 Å². The Morgan fingerprint density at radius 3 is 2.64 bits per heavy atom. The van der Waals surface area contributed by atoms with E-state index in [9.17, 15) is 0 Å². The van der Waals surface area contributed by atoms with Gasteiger partial charge in [-0.1, -0.05) is 13.8 Å². The Kier molecular flexibility index (Phi) is 4.00. The molecular formula is C9H19N5. The van der Waals surface area contributed by atoms with Crippen molar-refractivity contribution in [1.29, 1.82) is 0 Å². The van der Waals surface area contributed by atoms with Crippen LogP contribution >= 0.6 is 0 Å². The Morgan fingerprint density at radius 1 is 1.36 bits per heavy atom. The van der Waals surface area contributed by atoms with Gasteiger partial charge in [-0.2, -0.15) is 0 Å². The number of nitrogens with zero attached hydrogens (tertiary/aromatic N) is 4. The van der Waals surface area contributed by atoms with E-state index in [-0.39, 0.29) is 6.04 Å². The van der Waals surface area contributed by atoms with E-state index in [1.807, 2.05) is 6.92 Å². The average molecular weight is 197 g/mol. The number of aryl methyl sites for hydroxylation is 1. The minimum atomic E-state index is -0.0935. The molecule has 14 heavy (non-hydrogen) atoms. The van der Waals surface area contributed by atoms with Gasteiger partial charge in [0.15, 0.2) is 5.82 Å². The number of hydrogen-bond acceptors (Lipinski definition) is 4. The molecule has 0 fully saturated rings. The van der Waals surface area contributed by atoms with Crippen molar-refractivity contribution in [3.8, 4) is 0 Å². The van der Waals surface area contributed by atoms with Crippen LogP contribution in [0.4, 0.5) is 0 Å². The minimum Gasteiger partial charge on any atom is -0.322 e. The third kappa shape index (κ3) is 3.06. The summed E-state index contributed by atoms with van der Waals surface area (Å²) in [5.74, 6) is 1.50. The molecular weight excluding hydrogens is 178 g/mol. The predicted molar refractivity (Wildman–Crippen MR) is 54.5 cm³/mol. The predicted octanol–water partition coefficient (Wildman–Crippen LogP) is 1.13. The molecule has 0 aliphatic heterocycles.